The summed E-state index contributed by atoms with van der Waals surface area (Å²) < 4.78 is 11.6. The van der Waals surface area contributed by atoms with Crippen molar-refractivity contribution in [3.8, 4) is 11.8 Å². The Balaban J connectivity index is 1.68. The van der Waals surface area contributed by atoms with E-state index in [2.05, 4.69) is 17.9 Å². The molecule has 1 aliphatic heterocycles. The molecule has 1 fully saturated rings. The molecule has 0 bridgehead atoms. The van der Waals surface area contributed by atoms with Gasteiger partial charge in [0.05, 0.1) is 17.7 Å². The number of nitriles is 1. The molecule has 1 atom stereocenters. The van der Waals surface area contributed by atoms with Gasteiger partial charge in [-0.1, -0.05) is 6.92 Å². The van der Waals surface area contributed by atoms with Gasteiger partial charge in [-0.3, -0.25) is 4.90 Å². The molecule has 0 aromatic heterocycles. The Morgan fingerprint density at radius 1 is 1.29 bits per heavy atom. The van der Waals surface area contributed by atoms with Gasteiger partial charge in [0, 0.05) is 19.7 Å². The molecule has 0 radical (unpaired) electrons. The van der Waals surface area contributed by atoms with E-state index in [0.717, 1.165) is 38.4 Å². The van der Waals surface area contributed by atoms with E-state index in [-0.39, 0.29) is 0 Å². The van der Waals surface area contributed by atoms with Crippen LogP contribution in [0, 0.1) is 11.3 Å². The lowest BCUT2D eigenvalue weighted by molar-refractivity contribution is -0.00268. The van der Waals surface area contributed by atoms with E-state index in [1.807, 2.05) is 12.1 Å². The van der Waals surface area contributed by atoms with Gasteiger partial charge in [0.25, 0.3) is 0 Å². The molecular formula is C17H24N2O2. The summed E-state index contributed by atoms with van der Waals surface area (Å²) in [5, 5.41) is 8.75. The normalized spacial score (nSPS) is 19.1. The van der Waals surface area contributed by atoms with E-state index in [0.29, 0.717) is 18.3 Å². The molecule has 1 aliphatic rings. The van der Waals surface area contributed by atoms with Gasteiger partial charge < -0.3 is 9.47 Å². The number of hydrogen-bond donors (Lipinski definition) is 0. The largest absolute Gasteiger partial charge is 0.492 e. The third-order valence-electron chi connectivity index (χ3n) is 3.68. The Kier molecular flexibility index (Phi) is 6.52. The maximum atomic E-state index is 8.75. The van der Waals surface area contributed by atoms with Crippen LogP contribution in [0.2, 0.25) is 0 Å². The van der Waals surface area contributed by atoms with E-state index in [4.69, 9.17) is 14.7 Å². The molecule has 0 saturated carbocycles. The van der Waals surface area contributed by atoms with Crippen molar-refractivity contribution in [1.29, 1.82) is 5.26 Å². The highest BCUT2D eigenvalue weighted by Gasteiger charge is 2.19. The lowest BCUT2D eigenvalue weighted by Gasteiger charge is -2.32. The first-order chi connectivity index (χ1) is 10.3. The molecule has 1 heterocycles. The van der Waals surface area contributed by atoms with Crippen molar-refractivity contribution in [2.75, 3.05) is 32.8 Å². The molecule has 0 aliphatic carbocycles. The molecule has 4 heteroatoms. The van der Waals surface area contributed by atoms with Gasteiger partial charge in [0.2, 0.25) is 0 Å². The van der Waals surface area contributed by atoms with Gasteiger partial charge in [0.1, 0.15) is 12.4 Å². The lowest BCUT2D eigenvalue weighted by atomic mass is 10.1. The fraction of sp³-hybridized carbons (Fsp3) is 0.588. The van der Waals surface area contributed by atoms with Crippen LogP contribution >= 0.6 is 0 Å². The molecule has 1 aromatic rings. The van der Waals surface area contributed by atoms with E-state index in [9.17, 15) is 0 Å². The second-order valence-electron chi connectivity index (χ2n) is 5.42. The quantitative estimate of drug-likeness (QED) is 0.774. The van der Waals surface area contributed by atoms with Crippen molar-refractivity contribution in [3.63, 3.8) is 0 Å². The summed E-state index contributed by atoms with van der Waals surface area (Å²) in [5.74, 6) is 0.824. The molecule has 114 valence electrons. The maximum absolute atomic E-state index is 8.75. The lowest BCUT2D eigenvalue weighted by Crippen LogP contribution is -2.41. The third kappa shape index (κ3) is 5.37. The molecule has 2 rings (SSSR count). The molecule has 1 saturated heterocycles. The zero-order valence-corrected chi connectivity index (χ0v) is 12.8. The van der Waals surface area contributed by atoms with Crippen LogP contribution in [0.4, 0.5) is 0 Å². The fourth-order valence-electron chi connectivity index (χ4n) is 2.56. The number of ether oxygens (including phenoxy) is 2. The number of likely N-dealkylation sites (tertiary alicyclic amines) is 1. The van der Waals surface area contributed by atoms with Gasteiger partial charge in [-0.15, -0.1) is 0 Å². The minimum absolute atomic E-state index is 0.383. The van der Waals surface area contributed by atoms with E-state index in [1.165, 1.54) is 12.8 Å². The van der Waals surface area contributed by atoms with Crippen LogP contribution in [0.15, 0.2) is 24.3 Å². The van der Waals surface area contributed by atoms with Crippen LogP contribution in [0.1, 0.15) is 31.7 Å². The summed E-state index contributed by atoms with van der Waals surface area (Å²) in [6.07, 6.45) is 3.84. The van der Waals surface area contributed by atoms with Gasteiger partial charge in [-0.05, 0) is 50.1 Å². The Hall–Kier alpha value is -1.57. The van der Waals surface area contributed by atoms with E-state index >= 15 is 0 Å². The summed E-state index contributed by atoms with van der Waals surface area (Å²) in [6.45, 7) is 6.74. The molecular weight excluding hydrogens is 264 g/mol. The minimum atomic E-state index is 0.383. The Morgan fingerprint density at radius 3 is 2.81 bits per heavy atom. The average molecular weight is 288 g/mol. The van der Waals surface area contributed by atoms with Crippen molar-refractivity contribution in [3.05, 3.63) is 29.8 Å². The summed E-state index contributed by atoms with van der Waals surface area (Å²) in [5.41, 5.74) is 0.661. The predicted molar refractivity (Wildman–Crippen MR) is 82.4 cm³/mol. The average Bonchev–Trinajstić information content (AvgIpc) is 2.54. The number of benzene rings is 1. The van der Waals surface area contributed by atoms with Crippen LogP contribution in [-0.2, 0) is 4.74 Å². The van der Waals surface area contributed by atoms with E-state index in [1.54, 1.807) is 12.1 Å². The molecule has 0 N–H and O–H groups in total. The maximum Gasteiger partial charge on any atom is 0.119 e. The SMILES string of the molecule is CCCOC1CCCN(CCOc2ccc(C#N)cc2)C1. The first-order valence-electron chi connectivity index (χ1n) is 7.78. The van der Waals surface area contributed by atoms with Gasteiger partial charge in [-0.2, -0.15) is 5.26 Å². The van der Waals surface area contributed by atoms with Crippen LogP contribution in [0.3, 0.4) is 0 Å². The summed E-state index contributed by atoms with van der Waals surface area (Å²) in [7, 11) is 0. The highest BCUT2D eigenvalue weighted by molar-refractivity contribution is 5.34. The highest BCUT2D eigenvalue weighted by atomic mass is 16.5. The van der Waals surface area contributed by atoms with Gasteiger partial charge in [0.15, 0.2) is 0 Å². The zero-order valence-electron chi connectivity index (χ0n) is 12.8. The minimum Gasteiger partial charge on any atom is -0.492 e. The Morgan fingerprint density at radius 2 is 2.10 bits per heavy atom. The topological polar surface area (TPSA) is 45.5 Å². The van der Waals surface area contributed by atoms with Crippen molar-refractivity contribution in [1.82, 2.24) is 4.90 Å². The second kappa shape index (κ2) is 8.66. The standard InChI is InChI=1S/C17H24N2O2/c1-2-11-20-17-4-3-9-19(14-17)10-12-21-16-7-5-15(13-18)6-8-16/h5-8,17H,2-4,9-12,14H2,1H3. The second-order valence-corrected chi connectivity index (χ2v) is 5.42. The highest BCUT2D eigenvalue weighted by Crippen LogP contribution is 2.14. The summed E-state index contributed by atoms with van der Waals surface area (Å²) in [6, 6.07) is 9.37. The van der Waals surface area contributed by atoms with Crippen molar-refractivity contribution in [2.45, 2.75) is 32.3 Å². The Bertz CT molecular complexity index is 453. The van der Waals surface area contributed by atoms with Gasteiger partial charge >= 0.3 is 0 Å². The van der Waals surface area contributed by atoms with Gasteiger partial charge in [-0.25, -0.2) is 0 Å². The summed E-state index contributed by atoms with van der Waals surface area (Å²) in [4.78, 5) is 2.41. The van der Waals surface area contributed by atoms with Crippen LogP contribution in [-0.4, -0.2) is 43.9 Å². The molecule has 0 amide bonds. The third-order valence-corrected chi connectivity index (χ3v) is 3.68. The first-order valence-corrected chi connectivity index (χ1v) is 7.78. The monoisotopic (exact) mass is 288 g/mol. The molecule has 21 heavy (non-hydrogen) atoms. The molecule has 1 aromatic carbocycles. The van der Waals surface area contributed by atoms with Crippen molar-refractivity contribution >= 4 is 0 Å². The molecule has 0 spiro atoms. The fourth-order valence-corrected chi connectivity index (χ4v) is 2.56. The number of hydrogen-bond acceptors (Lipinski definition) is 4. The van der Waals surface area contributed by atoms with Crippen LogP contribution in [0.5, 0.6) is 5.75 Å². The van der Waals surface area contributed by atoms with Crippen LogP contribution in [0.25, 0.3) is 0 Å². The zero-order chi connectivity index (χ0) is 14.9. The smallest absolute Gasteiger partial charge is 0.119 e. The predicted octanol–water partition coefficient (Wildman–Crippen LogP) is 2.83. The molecule has 4 nitrogen and oxygen atoms in total. The van der Waals surface area contributed by atoms with Crippen molar-refractivity contribution < 1.29 is 9.47 Å². The summed E-state index contributed by atoms with van der Waals surface area (Å²) >= 11 is 0. The van der Waals surface area contributed by atoms with E-state index < -0.39 is 0 Å². The number of piperidine rings is 1. The number of nitrogens with zero attached hydrogens (tertiary/aromatic N) is 2. The van der Waals surface area contributed by atoms with Crippen LogP contribution < -0.4 is 4.74 Å². The first kappa shape index (κ1) is 15.8. The van der Waals surface area contributed by atoms with Crippen molar-refractivity contribution in [2.24, 2.45) is 0 Å². The molecule has 1 unspecified atom stereocenters. The Labute approximate surface area is 127 Å². The number of rotatable bonds is 7.